The van der Waals surface area contributed by atoms with E-state index >= 15 is 0 Å². The third-order valence-corrected chi connectivity index (χ3v) is 4.96. The lowest BCUT2D eigenvalue weighted by atomic mass is 9.99. The molecule has 4 rings (SSSR count). The zero-order valence-corrected chi connectivity index (χ0v) is 15.1. The number of anilines is 1. The number of rotatable bonds is 4. The molecule has 1 aromatic carbocycles. The topological polar surface area (TPSA) is 66.9 Å². The molecule has 0 unspecified atom stereocenters. The number of aromatic amines is 1. The van der Waals surface area contributed by atoms with E-state index in [4.69, 9.17) is 9.72 Å². The van der Waals surface area contributed by atoms with Crippen molar-refractivity contribution in [2.24, 2.45) is 5.92 Å². The lowest BCUT2D eigenvalue weighted by Crippen LogP contribution is -2.34. The van der Waals surface area contributed by atoms with Crippen molar-refractivity contribution in [3.05, 3.63) is 42.9 Å². The molecule has 26 heavy (non-hydrogen) atoms. The molecule has 1 aliphatic heterocycles. The largest absolute Gasteiger partial charge is 0.497 e. The van der Waals surface area contributed by atoms with Crippen LogP contribution in [-0.4, -0.2) is 40.1 Å². The molecule has 0 atom stereocenters. The van der Waals surface area contributed by atoms with E-state index in [-0.39, 0.29) is 0 Å². The maximum atomic E-state index is 5.28. The number of nitrogens with one attached hydrogen (secondary N) is 1. The molecular weight excluding hydrogens is 326 g/mol. The van der Waals surface area contributed by atoms with E-state index in [1.165, 1.54) is 12.8 Å². The maximum absolute atomic E-state index is 5.28. The zero-order chi connectivity index (χ0) is 17.9. The van der Waals surface area contributed by atoms with Gasteiger partial charge in [0, 0.05) is 37.2 Å². The molecule has 0 amide bonds. The molecule has 2 aromatic heterocycles. The van der Waals surface area contributed by atoms with E-state index in [0.717, 1.165) is 53.4 Å². The molecule has 134 valence electrons. The highest BCUT2D eigenvalue weighted by Crippen LogP contribution is 2.31. The van der Waals surface area contributed by atoms with Crippen LogP contribution in [0, 0.1) is 5.92 Å². The van der Waals surface area contributed by atoms with Crippen molar-refractivity contribution < 1.29 is 4.74 Å². The van der Waals surface area contributed by atoms with E-state index in [9.17, 15) is 0 Å². The minimum atomic E-state index is 0.773. The van der Waals surface area contributed by atoms with Crippen LogP contribution in [0.15, 0.2) is 42.9 Å². The summed E-state index contributed by atoms with van der Waals surface area (Å²) in [6.07, 6.45) is 7.79. The van der Waals surface area contributed by atoms with Crippen LogP contribution in [0.3, 0.4) is 0 Å². The van der Waals surface area contributed by atoms with Crippen LogP contribution in [0.2, 0.25) is 0 Å². The highest BCUT2D eigenvalue weighted by atomic mass is 16.5. The van der Waals surface area contributed by atoms with Gasteiger partial charge in [0.25, 0.3) is 0 Å². The highest BCUT2D eigenvalue weighted by Gasteiger charge is 2.20. The second-order valence-corrected chi connectivity index (χ2v) is 6.77. The Morgan fingerprint density at radius 2 is 1.88 bits per heavy atom. The first kappa shape index (κ1) is 16.6. The number of hydrogen-bond acceptors (Lipinski definition) is 5. The SMILES string of the molecule is COc1ccc(-c2nc(N3CCC(C)CC3)ncc2-c2ncc[nH]2)cc1. The fourth-order valence-electron chi connectivity index (χ4n) is 3.29. The van der Waals surface area contributed by atoms with E-state index in [1.54, 1.807) is 13.3 Å². The predicted octanol–water partition coefficient (Wildman–Crippen LogP) is 3.78. The van der Waals surface area contributed by atoms with Crippen molar-refractivity contribution in [3.63, 3.8) is 0 Å². The number of aromatic nitrogens is 4. The number of nitrogens with zero attached hydrogens (tertiary/aromatic N) is 4. The third kappa shape index (κ3) is 3.27. The van der Waals surface area contributed by atoms with Crippen molar-refractivity contribution in [2.75, 3.05) is 25.1 Å². The number of H-pyrrole nitrogens is 1. The average Bonchev–Trinajstić information content (AvgIpc) is 3.23. The molecule has 1 N–H and O–H groups in total. The van der Waals surface area contributed by atoms with E-state index in [1.807, 2.05) is 36.7 Å². The molecule has 6 nitrogen and oxygen atoms in total. The Morgan fingerprint density at radius 3 is 2.54 bits per heavy atom. The van der Waals surface area contributed by atoms with E-state index in [2.05, 4.69) is 26.8 Å². The van der Waals surface area contributed by atoms with Crippen molar-refractivity contribution in [1.29, 1.82) is 0 Å². The van der Waals surface area contributed by atoms with Gasteiger partial charge in [0.05, 0.1) is 18.4 Å². The first-order chi connectivity index (χ1) is 12.7. The number of ether oxygens (including phenoxy) is 1. The molecule has 1 saturated heterocycles. The van der Waals surface area contributed by atoms with Gasteiger partial charge in [0.1, 0.15) is 11.6 Å². The van der Waals surface area contributed by atoms with E-state index in [0.29, 0.717) is 0 Å². The second-order valence-electron chi connectivity index (χ2n) is 6.77. The Labute approximate surface area is 153 Å². The Morgan fingerprint density at radius 1 is 1.12 bits per heavy atom. The molecule has 0 saturated carbocycles. The van der Waals surface area contributed by atoms with Crippen LogP contribution >= 0.6 is 0 Å². The molecule has 1 aliphatic rings. The second kappa shape index (κ2) is 7.15. The van der Waals surface area contributed by atoms with Gasteiger partial charge >= 0.3 is 0 Å². The molecule has 6 heteroatoms. The van der Waals surface area contributed by atoms with Crippen LogP contribution < -0.4 is 9.64 Å². The standard InChI is InChI=1S/C20H23N5O/c1-14-7-11-25(12-8-14)20-23-13-17(19-21-9-10-22-19)18(24-20)15-3-5-16(26-2)6-4-15/h3-6,9-10,13-14H,7-8,11-12H2,1-2H3,(H,21,22). The Balaban J connectivity index is 1.75. The van der Waals surface area contributed by atoms with Crippen LogP contribution in [0.5, 0.6) is 5.75 Å². The summed E-state index contributed by atoms with van der Waals surface area (Å²) in [7, 11) is 1.67. The molecule has 0 spiro atoms. The summed E-state index contributed by atoms with van der Waals surface area (Å²) in [6, 6.07) is 7.95. The minimum absolute atomic E-state index is 0.773. The fraction of sp³-hybridized carbons (Fsp3) is 0.350. The summed E-state index contributed by atoms with van der Waals surface area (Å²) in [5.41, 5.74) is 2.80. The highest BCUT2D eigenvalue weighted by molar-refractivity contribution is 5.78. The fourth-order valence-corrected chi connectivity index (χ4v) is 3.29. The summed E-state index contributed by atoms with van der Waals surface area (Å²) in [4.78, 5) is 19.4. The number of methoxy groups -OCH3 is 1. The van der Waals surface area contributed by atoms with Gasteiger partial charge < -0.3 is 14.6 Å². The normalized spacial score (nSPS) is 15.2. The predicted molar refractivity (Wildman–Crippen MR) is 102 cm³/mol. The summed E-state index contributed by atoms with van der Waals surface area (Å²) in [5, 5.41) is 0. The molecule has 0 aliphatic carbocycles. The summed E-state index contributed by atoms with van der Waals surface area (Å²) in [5.74, 6) is 3.16. The summed E-state index contributed by atoms with van der Waals surface area (Å²) >= 11 is 0. The first-order valence-electron chi connectivity index (χ1n) is 9.01. The average molecular weight is 349 g/mol. The Kier molecular flexibility index (Phi) is 4.56. The molecular formula is C20H23N5O. The van der Waals surface area contributed by atoms with Gasteiger partial charge in [0.15, 0.2) is 0 Å². The Hall–Kier alpha value is -2.89. The van der Waals surface area contributed by atoms with Crippen LogP contribution in [0.4, 0.5) is 5.95 Å². The van der Waals surface area contributed by atoms with Crippen LogP contribution in [0.1, 0.15) is 19.8 Å². The molecule has 3 aromatic rings. The lowest BCUT2D eigenvalue weighted by molar-refractivity contribution is 0.415. The quantitative estimate of drug-likeness (QED) is 0.776. The van der Waals surface area contributed by atoms with Crippen molar-refractivity contribution in [2.45, 2.75) is 19.8 Å². The molecule has 0 radical (unpaired) electrons. The minimum Gasteiger partial charge on any atom is -0.497 e. The van der Waals surface area contributed by atoms with Gasteiger partial charge in [-0.1, -0.05) is 6.92 Å². The monoisotopic (exact) mass is 349 g/mol. The maximum Gasteiger partial charge on any atom is 0.225 e. The number of hydrogen-bond donors (Lipinski definition) is 1. The molecule has 3 heterocycles. The van der Waals surface area contributed by atoms with E-state index < -0.39 is 0 Å². The smallest absolute Gasteiger partial charge is 0.225 e. The Bertz CT molecular complexity index is 852. The third-order valence-electron chi connectivity index (χ3n) is 4.96. The first-order valence-corrected chi connectivity index (χ1v) is 9.01. The summed E-state index contributed by atoms with van der Waals surface area (Å²) < 4.78 is 5.28. The van der Waals surface area contributed by atoms with Crippen molar-refractivity contribution in [1.82, 2.24) is 19.9 Å². The number of imidazole rings is 1. The van der Waals surface area contributed by atoms with Gasteiger partial charge in [-0.15, -0.1) is 0 Å². The van der Waals surface area contributed by atoms with Gasteiger partial charge in [-0.3, -0.25) is 0 Å². The van der Waals surface area contributed by atoms with Gasteiger partial charge in [-0.05, 0) is 43.0 Å². The van der Waals surface area contributed by atoms with Crippen molar-refractivity contribution >= 4 is 5.95 Å². The zero-order valence-electron chi connectivity index (χ0n) is 15.1. The van der Waals surface area contributed by atoms with Gasteiger partial charge in [0.2, 0.25) is 5.95 Å². The van der Waals surface area contributed by atoms with Crippen LogP contribution in [0.25, 0.3) is 22.6 Å². The van der Waals surface area contributed by atoms with Crippen molar-refractivity contribution in [3.8, 4) is 28.4 Å². The van der Waals surface area contributed by atoms with Gasteiger partial charge in [-0.2, -0.15) is 0 Å². The lowest BCUT2D eigenvalue weighted by Gasteiger charge is -2.30. The summed E-state index contributed by atoms with van der Waals surface area (Å²) in [6.45, 7) is 4.31. The number of benzene rings is 1. The molecule has 1 fully saturated rings. The molecule has 0 bridgehead atoms. The van der Waals surface area contributed by atoms with Crippen LogP contribution in [-0.2, 0) is 0 Å². The number of piperidine rings is 1. The van der Waals surface area contributed by atoms with Gasteiger partial charge in [-0.25, -0.2) is 15.0 Å².